The van der Waals surface area contributed by atoms with E-state index in [1.165, 1.54) is 12.0 Å². The maximum Gasteiger partial charge on any atom is 0.0571 e. The van der Waals surface area contributed by atoms with Gasteiger partial charge in [0.15, 0.2) is 0 Å². The standard InChI is InChI=1S/C11H13BrO/c12-10-3-1-2-8(7-10)6-9-4-5-11(9)13/h1-3,7,9,11,13H,4-6H2. The molecule has 1 N–H and O–H groups in total. The SMILES string of the molecule is OC1CCC1Cc1cccc(Br)c1. The van der Waals surface area contributed by atoms with Gasteiger partial charge in [0.25, 0.3) is 0 Å². The Labute approximate surface area is 86.9 Å². The van der Waals surface area contributed by atoms with Crippen LogP contribution in [0.3, 0.4) is 0 Å². The fraction of sp³-hybridized carbons (Fsp3) is 0.455. The van der Waals surface area contributed by atoms with Crippen LogP contribution in [0.15, 0.2) is 28.7 Å². The molecule has 2 heteroatoms. The van der Waals surface area contributed by atoms with E-state index >= 15 is 0 Å². The molecule has 1 aliphatic rings. The summed E-state index contributed by atoms with van der Waals surface area (Å²) < 4.78 is 1.12. The molecule has 1 aromatic carbocycles. The van der Waals surface area contributed by atoms with Gasteiger partial charge in [0.2, 0.25) is 0 Å². The first-order valence-corrected chi connectivity index (χ1v) is 5.47. The molecule has 0 spiro atoms. The van der Waals surface area contributed by atoms with Gasteiger partial charge in [-0.05, 0) is 42.9 Å². The van der Waals surface area contributed by atoms with Crippen molar-refractivity contribution in [2.24, 2.45) is 5.92 Å². The summed E-state index contributed by atoms with van der Waals surface area (Å²) in [6.45, 7) is 0. The Morgan fingerprint density at radius 2 is 2.23 bits per heavy atom. The van der Waals surface area contributed by atoms with E-state index in [4.69, 9.17) is 0 Å². The molecule has 2 atom stereocenters. The summed E-state index contributed by atoms with van der Waals surface area (Å²) in [6, 6.07) is 8.33. The molecule has 0 bridgehead atoms. The van der Waals surface area contributed by atoms with Crippen LogP contribution in [0, 0.1) is 5.92 Å². The molecule has 0 saturated heterocycles. The van der Waals surface area contributed by atoms with Crippen LogP contribution >= 0.6 is 15.9 Å². The monoisotopic (exact) mass is 240 g/mol. The Hall–Kier alpha value is -0.340. The Kier molecular flexibility index (Phi) is 2.70. The van der Waals surface area contributed by atoms with Crippen LogP contribution in [-0.4, -0.2) is 11.2 Å². The topological polar surface area (TPSA) is 20.2 Å². The highest BCUT2D eigenvalue weighted by Gasteiger charge is 2.28. The van der Waals surface area contributed by atoms with Crippen molar-refractivity contribution in [2.45, 2.75) is 25.4 Å². The van der Waals surface area contributed by atoms with Crippen molar-refractivity contribution < 1.29 is 5.11 Å². The van der Waals surface area contributed by atoms with Crippen molar-refractivity contribution >= 4 is 15.9 Å². The fourth-order valence-electron chi connectivity index (χ4n) is 1.76. The summed E-state index contributed by atoms with van der Waals surface area (Å²) in [5.41, 5.74) is 1.32. The summed E-state index contributed by atoms with van der Waals surface area (Å²) >= 11 is 3.44. The molecule has 0 amide bonds. The average Bonchev–Trinajstić information content (AvgIpc) is 2.12. The maximum absolute atomic E-state index is 9.43. The van der Waals surface area contributed by atoms with E-state index in [0.717, 1.165) is 17.3 Å². The van der Waals surface area contributed by atoms with Crippen LogP contribution in [0.2, 0.25) is 0 Å². The van der Waals surface area contributed by atoms with Crippen molar-refractivity contribution in [2.75, 3.05) is 0 Å². The molecule has 1 aromatic rings. The van der Waals surface area contributed by atoms with Crippen molar-refractivity contribution in [1.82, 2.24) is 0 Å². The van der Waals surface area contributed by atoms with Gasteiger partial charge in [-0.1, -0.05) is 28.1 Å². The lowest BCUT2D eigenvalue weighted by atomic mass is 9.78. The molecular formula is C11H13BrO. The highest BCUT2D eigenvalue weighted by molar-refractivity contribution is 9.10. The van der Waals surface area contributed by atoms with Gasteiger partial charge in [-0.2, -0.15) is 0 Å². The summed E-state index contributed by atoms with van der Waals surface area (Å²) in [5.74, 6) is 0.495. The number of hydrogen-bond donors (Lipinski definition) is 1. The summed E-state index contributed by atoms with van der Waals surface area (Å²) in [4.78, 5) is 0. The molecule has 1 fully saturated rings. The quantitative estimate of drug-likeness (QED) is 0.844. The van der Waals surface area contributed by atoms with Crippen molar-refractivity contribution in [3.8, 4) is 0 Å². The van der Waals surface area contributed by atoms with E-state index < -0.39 is 0 Å². The molecule has 1 aliphatic carbocycles. The summed E-state index contributed by atoms with van der Waals surface area (Å²) in [6.07, 6.45) is 3.12. The highest BCUT2D eigenvalue weighted by atomic mass is 79.9. The third-order valence-corrected chi connectivity index (χ3v) is 3.26. The van der Waals surface area contributed by atoms with Crippen molar-refractivity contribution in [3.05, 3.63) is 34.3 Å². The zero-order valence-electron chi connectivity index (χ0n) is 7.41. The average molecular weight is 241 g/mol. The van der Waals surface area contributed by atoms with Gasteiger partial charge in [-0.3, -0.25) is 0 Å². The predicted octanol–water partition coefficient (Wildman–Crippen LogP) is 2.76. The first-order chi connectivity index (χ1) is 6.25. The molecule has 2 unspecified atom stereocenters. The highest BCUT2D eigenvalue weighted by Crippen LogP contribution is 2.30. The number of aliphatic hydroxyl groups excluding tert-OH is 1. The first-order valence-electron chi connectivity index (χ1n) is 4.68. The van der Waals surface area contributed by atoms with E-state index in [1.807, 2.05) is 12.1 Å². The molecule has 70 valence electrons. The Bertz CT molecular complexity index is 298. The zero-order valence-corrected chi connectivity index (χ0v) is 9.00. The van der Waals surface area contributed by atoms with Crippen LogP contribution in [0.1, 0.15) is 18.4 Å². The second kappa shape index (κ2) is 3.81. The maximum atomic E-state index is 9.43. The lowest BCUT2D eigenvalue weighted by Crippen LogP contribution is -2.32. The van der Waals surface area contributed by atoms with E-state index in [-0.39, 0.29) is 6.10 Å². The lowest BCUT2D eigenvalue weighted by Gasteiger charge is -2.32. The lowest BCUT2D eigenvalue weighted by molar-refractivity contribution is 0.0244. The molecule has 1 nitrogen and oxygen atoms in total. The summed E-state index contributed by atoms with van der Waals surface area (Å²) in [7, 11) is 0. The van der Waals surface area contributed by atoms with Crippen LogP contribution in [-0.2, 0) is 6.42 Å². The fourth-order valence-corrected chi connectivity index (χ4v) is 2.20. The van der Waals surface area contributed by atoms with Crippen LogP contribution < -0.4 is 0 Å². The molecule has 0 aromatic heterocycles. The molecule has 0 aliphatic heterocycles. The molecule has 0 heterocycles. The van der Waals surface area contributed by atoms with Crippen molar-refractivity contribution in [3.63, 3.8) is 0 Å². The van der Waals surface area contributed by atoms with Gasteiger partial charge in [0.05, 0.1) is 6.10 Å². The van der Waals surface area contributed by atoms with Crippen LogP contribution in [0.5, 0.6) is 0 Å². The van der Waals surface area contributed by atoms with E-state index in [2.05, 4.69) is 28.1 Å². The number of benzene rings is 1. The number of hydrogen-bond acceptors (Lipinski definition) is 1. The second-order valence-electron chi connectivity index (χ2n) is 3.74. The predicted molar refractivity (Wildman–Crippen MR) is 56.6 cm³/mol. The minimum absolute atomic E-state index is 0.0565. The second-order valence-corrected chi connectivity index (χ2v) is 4.65. The van der Waals surface area contributed by atoms with E-state index in [9.17, 15) is 5.11 Å². The van der Waals surface area contributed by atoms with Gasteiger partial charge in [0, 0.05) is 4.47 Å². The number of aliphatic hydroxyl groups is 1. The third kappa shape index (κ3) is 2.12. The van der Waals surface area contributed by atoms with Gasteiger partial charge in [0.1, 0.15) is 0 Å². The molecule has 1 saturated carbocycles. The first kappa shape index (κ1) is 9.22. The minimum Gasteiger partial charge on any atom is -0.393 e. The minimum atomic E-state index is -0.0565. The van der Waals surface area contributed by atoms with Gasteiger partial charge < -0.3 is 5.11 Å². The van der Waals surface area contributed by atoms with Crippen LogP contribution in [0.4, 0.5) is 0 Å². The Morgan fingerprint density at radius 3 is 2.77 bits per heavy atom. The zero-order chi connectivity index (χ0) is 9.26. The molecule has 13 heavy (non-hydrogen) atoms. The molecule has 0 radical (unpaired) electrons. The van der Waals surface area contributed by atoms with E-state index in [1.54, 1.807) is 0 Å². The molecule has 2 rings (SSSR count). The summed E-state index contributed by atoms with van der Waals surface area (Å²) in [5, 5.41) is 9.43. The smallest absolute Gasteiger partial charge is 0.0571 e. The third-order valence-electron chi connectivity index (χ3n) is 2.76. The normalized spacial score (nSPS) is 26.9. The van der Waals surface area contributed by atoms with Crippen molar-refractivity contribution in [1.29, 1.82) is 0 Å². The van der Waals surface area contributed by atoms with Crippen LogP contribution in [0.25, 0.3) is 0 Å². The number of rotatable bonds is 2. The Balaban J connectivity index is 2.01. The Morgan fingerprint density at radius 1 is 1.38 bits per heavy atom. The van der Waals surface area contributed by atoms with Gasteiger partial charge in [-0.15, -0.1) is 0 Å². The molecular weight excluding hydrogens is 228 g/mol. The number of halogens is 1. The van der Waals surface area contributed by atoms with Gasteiger partial charge >= 0.3 is 0 Å². The largest absolute Gasteiger partial charge is 0.393 e. The van der Waals surface area contributed by atoms with E-state index in [0.29, 0.717) is 5.92 Å². The van der Waals surface area contributed by atoms with Gasteiger partial charge in [-0.25, -0.2) is 0 Å².